The van der Waals surface area contributed by atoms with E-state index in [1.165, 1.54) is 25.3 Å². The van der Waals surface area contributed by atoms with Crippen LogP contribution in [0.5, 0.6) is 5.75 Å². The summed E-state index contributed by atoms with van der Waals surface area (Å²) in [5, 5.41) is 3.36. The molecule has 1 aromatic rings. The molecule has 1 aromatic carbocycles. The van der Waals surface area contributed by atoms with Crippen LogP contribution >= 0.6 is 15.9 Å². The first-order valence-corrected chi connectivity index (χ1v) is 8.34. The van der Waals surface area contributed by atoms with Crippen molar-refractivity contribution in [1.82, 2.24) is 5.32 Å². The zero-order valence-corrected chi connectivity index (χ0v) is 13.7. The Balaban J connectivity index is 1.82. The second-order valence-electron chi connectivity index (χ2n) is 6.18. The highest BCUT2D eigenvalue weighted by molar-refractivity contribution is 9.10. The van der Waals surface area contributed by atoms with Crippen LogP contribution in [0, 0.1) is 17.0 Å². The highest BCUT2D eigenvalue weighted by Crippen LogP contribution is 2.53. The normalized spacial score (nSPS) is 27.4. The predicted molar refractivity (Wildman–Crippen MR) is 81.5 cm³/mol. The smallest absolute Gasteiger partial charge is 0.200 e. The molecule has 21 heavy (non-hydrogen) atoms. The van der Waals surface area contributed by atoms with Crippen molar-refractivity contribution in [2.45, 2.75) is 50.7 Å². The van der Waals surface area contributed by atoms with Crippen molar-refractivity contribution in [2.75, 3.05) is 7.05 Å². The summed E-state index contributed by atoms with van der Waals surface area (Å²) in [6.45, 7) is 0. The topological polar surface area (TPSA) is 21.3 Å². The molecule has 0 saturated heterocycles. The monoisotopic (exact) mass is 359 g/mol. The summed E-state index contributed by atoms with van der Waals surface area (Å²) >= 11 is 3.19. The molecule has 0 heterocycles. The Bertz CT molecular complexity index is 531. The number of rotatable bonds is 3. The lowest BCUT2D eigenvalue weighted by atomic mass is 9.55. The second kappa shape index (κ2) is 5.84. The average molecular weight is 360 g/mol. The minimum Gasteiger partial charge on any atom is -0.486 e. The molecule has 2 aliphatic rings. The van der Waals surface area contributed by atoms with E-state index in [-0.39, 0.29) is 17.3 Å². The van der Waals surface area contributed by atoms with Crippen LogP contribution in [-0.2, 0) is 0 Å². The lowest BCUT2D eigenvalue weighted by Crippen LogP contribution is -2.64. The van der Waals surface area contributed by atoms with Gasteiger partial charge in [0.1, 0.15) is 6.10 Å². The van der Waals surface area contributed by atoms with Gasteiger partial charge in [-0.15, -0.1) is 0 Å². The largest absolute Gasteiger partial charge is 0.486 e. The van der Waals surface area contributed by atoms with Crippen molar-refractivity contribution in [3.63, 3.8) is 0 Å². The lowest BCUT2D eigenvalue weighted by molar-refractivity contribution is -0.102. The Morgan fingerprint density at radius 1 is 1.24 bits per heavy atom. The van der Waals surface area contributed by atoms with Gasteiger partial charge in [-0.1, -0.05) is 35.2 Å². The van der Waals surface area contributed by atoms with Crippen LogP contribution in [0.25, 0.3) is 0 Å². The van der Waals surface area contributed by atoms with Gasteiger partial charge in [0.15, 0.2) is 11.6 Å². The first kappa shape index (κ1) is 15.2. The first-order chi connectivity index (χ1) is 10.1. The number of hydrogen-bond acceptors (Lipinski definition) is 2. The summed E-state index contributed by atoms with van der Waals surface area (Å²) in [5.74, 6) is -1.75. The van der Waals surface area contributed by atoms with Crippen molar-refractivity contribution in [3.05, 3.63) is 28.2 Å². The molecule has 0 aliphatic heterocycles. The van der Waals surface area contributed by atoms with Gasteiger partial charge in [0.05, 0.1) is 0 Å². The number of benzene rings is 1. The van der Waals surface area contributed by atoms with E-state index in [0.717, 1.165) is 25.3 Å². The summed E-state index contributed by atoms with van der Waals surface area (Å²) in [5.41, 5.74) is 0.0816. The zero-order valence-electron chi connectivity index (χ0n) is 12.1. The van der Waals surface area contributed by atoms with E-state index < -0.39 is 11.6 Å². The van der Waals surface area contributed by atoms with Gasteiger partial charge in [0.2, 0.25) is 5.82 Å². The molecule has 1 N–H and O–H groups in total. The van der Waals surface area contributed by atoms with Crippen molar-refractivity contribution in [3.8, 4) is 5.75 Å². The third-order valence-corrected chi connectivity index (χ3v) is 5.60. The van der Waals surface area contributed by atoms with Crippen LogP contribution in [-0.4, -0.2) is 19.2 Å². The molecule has 5 heteroatoms. The van der Waals surface area contributed by atoms with Gasteiger partial charge >= 0.3 is 0 Å². The minimum absolute atomic E-state index is 0.0198. The summed E-state index contributed by atoms with van der Waals surface area (Å²) in [6.07, 6.45) is 6.65. The predicted octanol–water partition coefficient (Wildman–Crippen LogP) is 4.42. The Hall–Kier alpha value is -0.680. The molecule has 2 unspecified atom stereocenters. The van der Waals surface area contributed by atoms with Gasteiger partial charge in [-0.05, 0) is 32.0 Å². The summed E-state index contributed by atoms with van der Waals surface area (Å²) in [4.78, 5) is 0. The molecule has 2 saturated carbocycles. The molecule has 3 rings (SSSR count). The van der Waals surface area contributed by atoms with Crippen molar-refractivity contribution in [2.24, 2.45) is 5.41 Å². The van der Waals surface area contributed by atoms with Gasteiger partial charge in [0, 0.05) is 22.4 Å². The standard InChI is InChI=1S/C16H20BrF2NO/c1-20-13-9-14(16(13)5-3-2-4-6-16)21-12-8-10(17)7-11(18)15(12)19/h7-8,13-14,20H,2-6,9H2,1H3. The quantitative estimate of drug-likeness (QED) is 0.806. The third kappa shape index (κ3) is 2.59. The van der Waals surface area contributed by atoms with E-state index in [1.807, 2.05) is 7.05 Å². The molecule has 0 amide bonds. The van der Waals surface area contributed by atoms with Crippen molar-refractivity contribution < 1.29 is 13.5 Å². The Labute approximate surface area is 132 Å². The van der Waals surface area contributed by atoms with Crippen molar-refractivity contribution in [1.29, 1.82) is 0 Å². The van der Waals surface area contributed by atoms with E-state index in [4.69, 9.17) is 4.74 Å². The van der Waals surface area contributed by atoms with E-state index in [9.17, 15) is 8.78 Å². The molecular weight excluding hydrogens is 340 g/mol. The Kier molecular flexibility index (Phi) is 4.23. The fourth-order valence-corrected chi connectivity index (χ4v) is 4.38. The maximum atomic E-state index is 13.9. The maximum Gasteiger partial charge on any atom is 0.200 e. The van der Waals surface area contributed by atoms with Crippen LogP contribution in [0.15, 0.2) is 16.6 Å². The fraction of sp³-hybridized carbons (Fsp3) is 0.625. The fourth-order valence-electron chi connectivity index (χ4n) is 3.97. The molecule has 0 radical (unpaired) electrons. The van der Waals surface area contributed by atoms with Crippen molar-refractivity contribution >= 4 is 15.9 Å². The minimum atomic E-state index is -0.892. The Morgan fingerprint density at radius 3 is 2.62 bits per heavy atom. The summed E-state index contributed by atoms with van der Waals surface area (Å²) < 4.78 is 33.8. The van der Waals surface area contributed by atoms with Gasteiger partial charge in [0.25, 0.3) is 0 Å². The van der Waals surface area contributed by atoms with Gasteiger partial charge in [-0.2, -0.15) is 4.39 Å². The maximum absolute atomic E-state index is 13.9. The molecule has 2 atom stereocenters. The number of halogens is 3. The highest BCUT2D eigenvalue weighted by Gasteiger charge is 2.56. The second-order valence-corrected chi connectivity index (χ2v) is 7.09. The number of hydrogen-bond donors (Lipinski definition) is 1. The number of ether oxygens (including phenoxy) is 1. The zero-order chi connectivity index (χ0) is 15.0. The van der Waals surface area contributed by atoms with Crippen LogP contribution in [0.3, 0.4) is 0 Å². The molecular formula is C16H20BrF2NO. The first-order valence-electron chi connectivity index (χ1n) is 7.55. The van der Waals surface area contributed by atoms with E-state index in [1.54, 1.807) is 0 Å². The average Bonchev–Trinajstić information content (AvgIpc) is 2.48. The third-order valence-electron chi connectivity index (χ3n) is 5.15. The molecule has 2 aliphatic carbocycles. The van der Waals surface area contributed by atoms with E-state index >= 15 is 0 Å². The summed E-state index contributed by atoms with van der Waals surface area (Å²) in [6, 6.07) is 3.06. The van der Waals surface area contributed by atoms with Gasteiger partial charge in [-0.25, -0.2) is 4.39 Å². The van der Waals surface area contributed by atoms with Gasteiger partial charge < -0.3 is 10.1 Å². The Morgan fingerprint density at radius 2 is 1.95 bits per heavy atom. The van der Waals surface area contributed by atoms with E-state index in [0.29, 0.717) is 10.5 Å². The van der Waals surface area contributed by atoms with E-state index in [2.05, 4.69) is 21.2 Å². The number of nitrogens with one attached hydrogen (secondary N) is 1. The van der Waals surface area contributed by atoms with Crippen LogP contribution in [0.2, 0.25) is 0 Å². The van der Waals surface area contributed by atoms with Crippen LogP contribution in [0.4, 0.5) is 8.78 Å². The molecule has 116 valence electrons. The molecule has 0 aromatic heterocycles. The molecule has 2 fully saturated rings. The lowest BCUT2D eigenvalue weighted by Gasteiger charge is -2.57. The molecule has 0 bridgehead atoms. The SMILES string of the molecule is CNC1CC(Oc2cc(Br)cc(F)c2F)C12CCCCC2. The highest BCUT2D eigenvalue weighted by atomic mass is 79.9. The van der Waals surface area contributed by atoms with Crippen LogP contribution < -0.4 is 10.1 Å². The molecule has 2 nitrogen and oxygen atoms in total. The van der Waals surface area contributed by atoms with Gasteiger partial charge in [-0.3, -0.25) is 0 Å². The summed E-state index contributed by atoms with van der Waals surface area (Å²) in [7, 11) is 1.97. The molecule has 1 spiro atoms. The van der Waals surface area contributed by atoms with Crippen LogP contribution in [0.1, 0.15) is 38.5 Å².